The van der Waals surface area contributed by atoms with E-state index in [9.17, 15) is 4.79 Å². The average Bonchev–Trinajstić information content (AvgIpc) is 3.09. The number of methoxy groups -OCH3 is 1. The lowest BCUT2D eigenvalue weighted by Gasteiger charge is -2.37. The fourth-order valence-electron chi connectivity index (χ4n) is 4.79. The van der Waals surface area contributed by atoms with Gasteiger partial charge in [-0.1, -0.05) is 6.07 Å². The number of nitrogens with zero attached hydrogens (tertiary/aromatic N) is 3. The monoisotopic (exact) mass is 374 g/mol. The number of rotatable bonds is 5. The molecule has 4 rings (SSSR count). The second kappa shape index (κ2) is 8.54. The molecule has 1 N–H and O–H groups in total. The van der Waals surface area contributed by atoms with E-state index in [0.717, 1.165) is 44.8 Å². The molecule has 2 aliphatic heterocycles. The van der Waals surface area contributed by atoms with Gasteiger partial charge in [0.2, 0.25) is 5.91 Å². The van der Waals surface area contributed by atoms with Gasteiger partial charge in [-0.25, -0.2) is 4.98 Å². The van der Waals surface area contributed by atoms with Gasteiger partial charge in [0, 0.05) is 39.5 Å². The minimum atomic E-state index is 0.183. The van der Waals surface area contributed by atoms with Crippen molar-refractivity contribution in [3.8, 4) is 0 Å². The van der Waals surface area contributed by atoms with Crippen LogP contribution in [-0.2, 0) is 14.3 Å². The van der Waals surface area contributed by atoms with Crippen LogP contribution < -0.4 is 5.32 Å². The molecule has 1 saturated carbocycles. The number of anilines is 1. The number of pyridine rings is 1. The van der Waals surface area contributed by atoms with E-state index in [1.165, 1.54) is 0 Å². The number of nitrogens with one attached hydrogen (secondary N) is 1. The Bertz CT molecular complexity index is 623. The van der Waals surface area contributed by atoms with Gasteiger partial charge in [-0.2, -0.15) is 0 Å². The van der Waals surface area contributed by atoms with E-state index in [0.29, 0.717) is 31.6 Å². The van der Waals surface area contributed by atoms with Crippen molar-refractivity contribution in [2.75, 3.05) is 58.4 Å². The summed E-state index contributed by atoms with van der Waals surface area (Å²) in [5.74, 6) is 2.35. The molecule has 0 bridgehead atoms. The summed E-state index contributed by atoms with van der Waals surface area (Å²) in [5.41, 5.74) is 0. The molecule has 0 radical (unpaired) electrons. The number of carbonyl (C=O) groups excluding carboxylic acids is 1. The standard InChI is InChI=1S/C20H30N4O3/c1-26-18-11-16-13-23(14-20(25)24-6-8-27-9-7-24)12-15(16)10-17(18)22-19-4-2-3-5-21-19/h2-5,15-18H,6-14H2,1H3,(H,21,22)/t15-,16+,17-,18-/m1/s1. The smallest absolute Gasteiger partial charge is 0.236 e. The molecule has 148 valence electrons. The maximum atomic E-state index is 12.6. The third kappa shape index (κ3) is 4.42. The lowest BCUT2D eigenvalue weighted by molar-refractivity contribution is -0.136. The number of morpholine rings is 1. The van der Waals surface area contributed by atoms with Gasteiger partial charge in [0.25, 0.3) is 0 Å². The lowest BCUT2D eigenvalue weighted by atomic mass is 9.77. The molecular formula is C20H30N4O3. The van der Waals surface area contributed by atoms with Gasteiger partial charge in [-0.15, -0.1) is 0 Å². The molecule has 4 atom stereocenters. The van der Waals surface area contributed by atoms with Crippen molar-refractivity contribution in [2.24, 2.45) is 11.8 Å². The summed E-state index contributed by atoms with van der Waals surface area (Å²) in [6, 6.07) is 6.19. The second-order valence-electron chi connectivity index (χ2n) is 7.92. The molecular weight excluding hydrogens is 344 g/mol. The van der Waals surface area contributed by atoms with Crippen molar-refractivity contribution in [3.63, 3.8) is 0 Å². The fraction of sp³-hybridized carbons (Fsp3) is 0.700. The second-order valence-corrected chi connectivity index (χ2v) is 7.92. The van der Waals surface area contributed by atoms with E-state index in [1.807, 2.05) is 29.3 Å². The van der Waals surface area contributed by atoms with E-state index in [1.54, 1.807) is 7.11 Å². The predicted molar refractivity (Wildman–Crippen MR) is 102 cm³/mol. The van der Waals surface area contributed by atoms with Gasteiger partial charge in [0.1, 0.15) is 5.82 Å². The van der Waals surface area contributed by atoms with Crippen LogP contribution in [0.3, 0.4) is 0 Å². The molecule has 7 nitrogen and oxygen atoms in total. The summed E-state index contributed by atoms with van der Waals surface area (Å²) in [6.07, 6.45) is 4.09. The Balaban J connectivity index is 1.34. The highest BCUT2D eigenvalue weighted by molar-refractivity contribution is 5.78. The first-order valence-electron chi connectivity index (χ1n) is 10.0. The van der Waals surface area contributed by atoms with Crippen LogP contribution in [-0.4, -0.2) is 85.9 Å². The van der Waals surface area contributed by atoms with Crippen LogP contribution >= 0.6 is 0 Å². The summed E-state index contributed by atoms with van der Waals surface area (Å²) in [7, 11) is 1.80. The van der Waals surface area contributed by atoms with E-state index < -0.39 is 0 Å². The largest absolute Gasteiger partial charge is 0.379 e. The SMILES string of the molecule is CO[C@@H]1C[C@H]2CN(CC(=O)N3CCOCC3)C[C@H]2C[C@H]1Nc1ccccn1. The topological polar surface area (TPSA) is 66.9 Å². The van der Waals surface area contributed by atoms with Crippen molar-refractivity contribution >= 4 is 11.7 Å². The summed E-state index contributed by atoms with van der Waals surface area (Å²) in [5, 5.41) is 3.56. The van der Waals surface area contributed by atoms with Gasteiger partial charge in [0.15, 0.2) is 0 Å². The van der Waals surface area contributed by atoms with E-state index >= 15 is 0 Å². The number of hydrogen-bond acceptors (Lipinski definition) is 6. The van der Waals surface area contributed by atoms with E-state index in [4.69, 9.17) is 9.47 Å². The highest BCUT2D eigenvalue weighted by Gasteiger charge is 2.43. The van der Waals surface area contributed by atoms with Crippen LogP contribution in [0.15, 0.2) is 24.4 Å². The van der Waals surface area contributed by atoms with Crippen LogP contribution in [0.2, 0.25) is 0 Å². The first-order chi connectivity index (χ1) is 13.2. The first kappa shape index (κ1) is 18.7. The molecule has 7 heteroatoms. The van der Waals surface area contributed by atoms with Gasteiger partial charge in [-0.05, 0) is 36.8 Å². The summed E-state index contributed by atoms with van der Waals surface area (Å²) in [4.78, 5) is 21.2. The zero-order chi connectivity index (χ0) is 18.6. The summed E-state index contributed by atoms with van der Waals surface area (Å²) < 4.78 is 11.1. The Hall–Kier alpha value is -1.70. The van der Waals surface area contributed by atoms with Gasteiger partial charge in [-0.3, -0.25) is 9.69 Å². The molecule has 1 aromatic heterocycles. The van der Waals surface area contributed by atoms with Crippen molar-refractivity contribution in [2.45, 2.75) is 25.0 Å². The van der Waals surface area contributed by atoms with Crippen LogP contribution in [0.4, 0.5) is 5.82 Å². The molecule has 0 aromatic carbocycles. The Morgan fingerprint density at radius 2 is 2.04 bits per heavy atom. The number of likely N-dealkylation sites (tertiary alicyclic amines) is 1. The Labute approximate surface area is 161 Å². The molecule has 0 spiro atoms. The number of fused-ring (bicyclic) bond motifs is 1. The maximum Gasteiger partial charge on any atom is 0.236 e. The summed E-state index contributed by atoms with van der Waals surface area (Å²) in [6.45, 7) is 5.29. The zero-order valence-electron chi connectivity index (χ0n) is 16.0. The predicted octanol–water partition coefficient (Wildman–Crippen LogP) is 1.08. The average molecular weight is 374 g/mol. The van der Waals surface area contributed by atoms with Gasteiger partial charge >= 0.3 is 0 Å². The Kier molecular flexibility index (Phi) is 5.90. The van der Waals surface area contributed by atoms with Gasteiger partial charge in [0.05, 0.1) is 31.9 Å². The molecule has 2 saturated heterocycles. The molecule has 3 aliphatic rings. The lowest BCUT2D eigenvalue weighted by Crippen LogP contribution is -2.45. The first-order valence-corrected chi connectivity index (χ1v) is 10.0. The van der Waals surface area contributed by atoms with Gasteiger partial charge < -0.3 is 19.7 Å². The maximum absolute atomic E-state index is 12.6. The third-order valence-electron chi connectivity index (χ3n) is 6.22. The molecule has 3 heterocycles. The van der Waals surface area contributed by atoms with Crippen LogP contribution in [0.5, 0.6) is 0 Å². The Morgan fingerprint density at radius 1 is 1.26 bits per heavy atom. The normalized spacial score (nSPS) is 31.5. The number of ether oxygens (including phenoxy) is 2. The highest BCUT2D eigenvalue weighted by Crippen LogP contribution is 2.38. The third-order valence-corrected chi connectivity index (χ3v) is 6.22. The number of aromatic nitrogens is 1. The van der Waals surface area contributed by atoms with Crippen LogP contribution in [0.25, 0.3) is 0 Å². The molecule has 1 amide bonds. The van der Waals surface area contributed by atoms with Crippen molar-refractivity contribution in [1.29, 1.82) is 0 Å². The highest BCUT2D eigenvalue weighted by atomic mass is 16.5. The van der Waals surface area contributed by atoms with E-state index in [-0.39, 0.29) is 18.1 Å². The minimum Gasteiger partial charge on any atom is -0.379 e. The number of hydrogen-bond donors (Lipinski definition) is 1. The van der Waals surface area contributed by atoms with Crippen molar-refractivity contribution < 1.29 is 14.3 Å². The van der Waals surface area contributed by atoms with Crippen molar-refractivity contribution in [1.82, 2.24) is 14.8 Å². The molecule has 1 aliphatic carbocycles. The van der Waals surface area contributed by atoms with Crippen LogP contribution in [0, 0.1) is 11.8 Å². The fourth-order valence-corrected chi connectivity index (χ4v) is 4.79. The minimum absolute atomic E-state index is 0.183. The molecule has 0 unspecified atom stereocenters. The molecule has 27 heavy (non-hydrogen) atoms. The number of carbonyl (C=O) groups is 1. The molecule has 1 aromatic rings. The number of amides is 1. The molecule has 3 fully saturated rings. The Morgan fingerprint density at radius 3 is 2.74 bits per heavy atom. The van der Waals surface area contributed by atoms with Crippen LogP contribution in [0.1, 0.15) is 12.8 Å². The van der Waals surface area contributed by atoms with Crippen molar-refractivity contribution in [3.05, 3.63) is 24.4 Å². The quantitative estimate of drug-likeness (QED) is 0.832. The zero-order valence-corrected chi connectivity index (χ0v) is 16.0. The van der Waals surface area contributed by atoms with E-state index in [2.05, 4.69) is 15.2 Å². The summed E-state index contributed by atoms with van der Waals surface area (Å²) >= 11 is 0.